The lowest BCUT2D eigenvalue weighted by Crippen LogP contribution is -2.34. The zero-order chi connectivity index (χ0) is 30.1. The second-order valence-corrected chi connectivity index (χ2v) is 12.2. The zero-order valence-electron chi connectivity index (χ0n) is 24.9. The van der Waals surface area contributed by atoms with Crippen LogP contribution in [0, 0.1) is 24.6 Å². The van der Waals surface area contributed by atoms with Crippen molar-refractivity contribution in [2.24, 2.45) is 11.8 Å². The number of piperidine rings is 1. The van der Waals surface area contributed by atoms with Crippen LogP contribution in [0.4, 0.5) is 14.9 Å². The van der Waals surface area contributed by atoms with Gasteiger partial charge in [0.05, 0.1) is 11.8 Å². The van der Waals surface area contributed by atoms with Crippen LogP contribution in [0.1, 0.15) is 38.7 Å². The van der Waals surface area contributed by atoms with E-state index in [0.29, 0.717) is 40.6 Å². The minimum Gasteiger partial charge on any atom is -0.490 e. The molecule has 0 radical (unpaired) electrons. The number of likely N-dealkylation sites (tertiary alicyclic amines) is 1. The van der Waals surface area contributed by atoms with Gasteiger partial charge in [0.25, 0.3) is 0 Å². The third kappa shape index (κ3) is 6.35. The number of rotatable bonds is 7. The summed E-state index contributed by atoms with van der Waals surface area (Å²) < 4.78 is 21.1. The van der Waals surface area contributed by atoms with Crippen molar-refractivity contribution in [1.82, 2.24) is 25.2 Å². The van der Waals surface area contributed by atoms with Crippen molar-refractivity contribution in [3.8, 4) is 28.3 Å². The highest BCUT2D eigenvalue weighted by molar-refractivity contribution is 5.97. The van der Waals surface area contributed by atoms with Crippen molar-refractivity contribution in [1.29, 1.82) is 0 Å². The number of halogens is 1. The van der Waals surface area contributed by atoms with Gasteiger partial charge in [-0.2, -0.15) is 0 Å². The molecule has 2 amide bonds. The number of H-pyrrole nitrogens is 1. The van der Waals surface area contributed by atoms with Gasteiger partial charge in [-0.05, 0) is 98.8 Å². The summed E-state index contributed by atoms with van der Waals surface area (Å²) in [7, 11) is 0. The van der Waals surface area contributed by atoms with Crippen LogP contribution in [-0.4, -0.2) is 69.4 Å². The molecule has 43 heavy (non-hydrogen) atoms. The Morgan fingerprint density at radius 2 is 1.91 bits per heavy atom. The quantitative estimate of drug-likeness (QED) is 0.220. The van der Waals surface area contributed by atoms with E-state index in [1.807, 2.05) is 37.3 Å². The summed E-state index contributed by atoms with van der Waals surface area (Å²) in [4.78, 5) is 27.1. The molecule has 0 spiro atoms. The predicted octanol–water partition coefficient (Wildman–Crippen LogP) is 5.74. The largest absolute Gasteiger partial charge is 0.490 e. The molecule has 0 bridgehead atoms. The smallest absolute Gasteiger partial charge is 0.321 e. The standard InChI is InChI=1S/C33H39FN6O3/c1-19(2)12-22-16-40(17-30(22)41)33(42)39-28-14-23(34)13-26(20(28)3)31-27-15-29(38-32(27)37-18-36-31)21-4-6-24(7-5-21)43-25-8-10-35-11-9-25/h4-7,13-15,18-19,22,25,30,35,41H,8-12,16-17H2,1-3H3,(H,39,42)(H,36,37,38). The van der Waals surface area contributed by atoms with Gasteiger partial charge in [-0.15, -0.1) is 0 Å². The Hall–Kier alpha value is -4.02. The van der Waals surface area contributed by atoms with Crippen molar-refractivity contribution >= 4 is 22.8 Å². The van der Waals surface area contributed by atoms with Crippen molar-refractivity contribution < 1.29 is 19.0 Å². The highest BCUT2D eigenvalue weighted by Crippen LogP contribution is 2.35. The summed E-state index contributed by atoms with van der Waals surface area (Å²) >= 11 is 0. The van der Waals surface area contributed by atoms with E-state index in [1.165, 1.54) is 18.5 Å². The number of amides is 2. The maximum absolute atomic E-state index is 15.0. The molecule has 4 aromatic rings. The van der Waals surface area contributed by atoms with Crippen LogP contribution in [0.25, 0.3) is 33.5 Å². The van der Waals surface area contributed by atoms with E-state index < -0.39 is 11.9 Å². The van der Waals surface area contributed by atoms with Crippen molar-refractivity contribution in [2.45, 2.75) is 52.2 Å². The lowest BCUT2D eigenvalue weighted by molar-refractivity contribution is 0.132. The number of anilines is 1. The topological polar surface area (TPSA) is 115 Å². The average molecular weight is 587 g/mol. The zero-order valence-corrected chi connectivity index (χ0v) is 24.9. The number of aromatic nitrogens is 3. The summed E-state index contributed by atoms with van der Waals surface area (Å²) in [6.45, 7) is 8.72. The molecule has 10 heteroatoms. The minimum absolute atomic E-state index is 0.0326. The number of β-amino-alcohol motifs (C(OH)–C–C–N with tert-alkyl or cyclic N) is 1. The molecule has 0 saturated carbocycles. The molecule has 2 atom stereocenters. The van der Waals surface area contributed by atoms with Gasteiger partial charge in [0.15, 0.2) is 0 Å². The molecule has 226 valence electrons. The van der Waals surface area contributed by atoms with Gasteiger partial charge < -0.3 is 30.4 Å². The molecule has 4 heterocycles. The first-order valence-corrected chi connectivity index (χ1v) is 15.1. The first kappa shape index (κ1) is 29.1. The third-order valence-corrected chi connectivity index (χ3v) is 8.52. The highest BCUT2D eigenvalue weighted by Gasteiger charge is 2.34. The Balaban J connectivity index is 1.24. The summed E-state index contributed by atoms with van der Waals surface area (Å²) in [5.74, 6) is 0.815. The maximum atomic E-state index is 15.0. The van der Waals surface area contributed by atoms with Crippen molar-refractivity contribution in [3.63, 3.8) is 0 Å². The van der Waals surface area contributed by atoms with E-state index in [0.717, 1.165) is 54.7 Å². The summed E-state index contributed by atoms with van der Waals surface area (Å²) in [5, 5.41) is 17.5. The molecule has 0 aliphatic carbocycles. The molecule has 2 aromatic carbocycles. The molecule has 2 aliphatic heterocycles. The third-order valence-electron chi connectivity index (χ3n) is 8.52. The van der Waals surface area contributed by atoms with Crippen LogP contribution in [0.3, 0.4) is 0 Å². The highest BCUT2D eigenvalue weighted by atomic mass is 19.1. The van der Waals surface area contributed by atoms with E-state index in [9.17, 15) is 14.3 Å². The number of hydrogen-bond donors (Lipinski definition) is 4. The van der Waals surface area contributed by atoms with E-state index >= 15 is 0 Å². The number of urea groups is 1. The van der Waals surface area contributed by atoms with E-state index in [-0.39, 0.29) is 24.6 Å². The Labute approximate surface area is 250 Å². The first-order valence-electron chi connectivity index (χ1n) is 15.1. The molecule has 2 aliphatic rings. The minimum atomic E-state index is -0.562. The van der Waals surface area contributed by atoms with Crippen molar-refractivity contribution in [2.75, 3.05) is 31.5 Å². The van der Waals surface area contributed by atoms with Gasteiger partial charge in [-0.1, -0.05) is 13.8 Å². The summed E-state index contributed by atoms with van der Waals surface area (Å²) in [5.41, 5.74) is 4.65. The van der Waals surface area contributed by atoms with Crippen LogP contribution in [0.2, 0.25) is 0 Å². The van der Waals surface area contributed by atoms with Gasteiger partial charge >= 0.3 is 6.03 Å². The lowest BCUT2D eigenvalue weighted by Gasteiger charge is -2.23. The number of carbonyl (C=O) groups is 1. The fourth-order valence-corrected chi connectivity index (χ4v) is 6.24. The number of aliphatic hydroxyl groups is 1. The fraction of sp³-hybridized carbons (Fsp3) is 0.424. The van der Waals surface area contributed by atoms with Gasteiger partial charge in [-0.3, -0.25) is 0 Å². The fourth-order valence-electron chi connectivity index (χ4n) is 6.24. The average Bonchev–Trinajstić information content (AvgIpc) is 3.59. The predicted molar refractivity (Wildman–Crippen MR) is 166 cm³/mol. The number of fused-ring (bicyclic) bond motifs is 1. The van der Waals surface area contributed by atoms with Crippen LogP contribution < -0.4 is 15.4 Å². The summed E-state index contributed by atoms with van der Waals surface area (Å²) in [6.07, 6.45) is 3.95. The number of aromatic amines is 1. The summed E-state index contributed by atoms with van der Waals surface area (Å²) in [6, 6.07) is 12.3. The molecule has 2 fully saturated rings. The maximum Gasteiger partial charge on any atom is 0.321 e. The normalized spacial score (nSPS) is 19.3. The van der Waals surface area contributed by atoms with Gasteiger partial charge in [0, 0.05) is 41.3 Å². The van der Waals surface area contributed by atoms with Crippen LogP contribution >= 0.6 is 0 Å². The number of aliphatic hydroxyl groups excluding tert-OH is 1. The molecular weight excluding hydrogens is 547 g/mol. The van der Waals surface area contributed by atoms with Crippen LogP contribution in [0.15, 0.2) is 48.8 Å². The number of hydrogen-bond acceptors (Lipinski definition) is 6. The molecule has 6 rings (SSSR count). The van der Waals surface area contributed by atoms with Crippen molar-refractivity contribution in [3.05, 3.63) is 60.2 Å². The molecular formula is C33H39FN6O3. The first-order chi connectivity index (χ1) is 20.7. The van der Waals surface area contributed by atoms with E-state index in [1.54, 1.807) is 4.90 Å². The molecule has 2 saturated heterocycles. The number of nitrogens with zero attached hydrogens (tertiary/aromatic N) is 3. The van der Waals surface area contributed by atoms with E-state index in [2.05, 4.69) is 39.4 Å². The monoisotopic (exact) mass is 586 g/mol. The second kappa shape index (κ2) is 12.3. The van der Waals surface area contributed by atoms with Gasteiger partial charge in [0.1, 0.15) is 29.6 Å². The molecule has 2 unspecified atom stereocenters. The molecule has 9 nitrogen and oxygen atoms in total. The number of carbonyl (C=O) groups excluding carboxylic acids is 1. The molecule has 2 aromatic heterocycles. The van der Waals surface area contributed by atoms with Crippen LogP contribution in [-0.2, 0) is 0 Å². The number of benzene rings is 2. The Kier molecular flexibility index (Phi) is 8.32. The van der Waals surface area contributed by atoms with E-state index in [4.69, 9.17) is 4.74 Å². The van der Waals surface area contributed by atoms with Gasteiger partial charge in [-0.25, -0.2) is 19.2 Å². The SMILES string of the molecule is Cc1c(NC(=O)N2CC(O)C(CC(C)C)C2)cc(F)cc1-c1ncnc2[nH]c(-c3ccc(OC4CCNCC4)cc3)cc12. The lowest BCUT2D eigenvalue weighted by atomic mass is 9.95. The van der Waals surface area contributed by atoms with Crippen LogP contribution in [0.5, 0.6) is 5.75 Å². The van der Waals surface area contributed by atoms with Gasteiger partial charge in [0.2, 0.25) is 0 Å². The Morgan fingerprint density at radius 3 is 2.65 bits per heavy atom. The second-order valence-electron chi connectivity index (χ2n) is 12.2. The molecule has 4 N–H and O–H groups in total. The number of nitrogens with one attached hydrogen (secondary N) is 3. The number of ether oxygens (including phenoxy) is 1. The Morgan fingerprint density at radius 1 is 1.14 bits per heavy atom. The Bertz CT molecular complexity index is 1600.